The monoisotopic (exact) mass is 179 g/mol. The molecule has 13 heavy (non-hydrogen) atoms. The van der Waals surface area contributed by atoms with E-state index in [1.807, 2.05) is 13.0 Å². The highest BCUT2D eigenvalue weighted by Crippen LogP contribution is 2.16. The molecular formula is C10H13NO2. The van der Waals surface area contributed by atoms with Crippen molar-refractivity contribution in [3.63, 3.8) is 0 Å². The largest absolute Gasteiger partial charge is 0.497 e. The minimum Gasteiger partial charge on any atom is -0.497 e. The van der Waals surface area contributed by atoms with Crippen molar-refractivity contribution in [1.29, 1.82) is 0 Å². The number of hydrogen-bond donors (Lipinski definition) is 1. The summed E-state index contributed by atoms with van der Waals surface area (Å²) in [5, 5.41) is 2.58. The Morgan fingerprint density at radius 1 is 1.46 bits per heavy atom. The maximum absolute atomic E-state index is 11.3. The van der Waals surface area contributed by atoms with Gasteiger partial charge in [0.1, 0.15) is 5.75 Å². The molecule has 0 radical (unpaired) electrons. The Bertz CT molecular complexity index is 321. The summed E-state index contributed by atoms with van der Waals surface area (Å²) in [7, 11) is 3.22. The van der Waals surface area contributed by atoms with Gasteiger partial charge >= 0.3 is 0 Å². The van der Waals surface area contributed by atoms with E-state index >= 15 is 0 Å². The first-order chi connectivity index (χ1) is 6.19. The lowest BCUT2D eigenvalue weighted by molar-refractivity contribution is 0.0962. The Labute approximate surface area is 77.7 Å². The summed E-state index contributed by atoms with van der Waals surface area (Å²) in [6.45, 7) is 1.88. The molecule has 0 unspecified atom stereocenters. The molecule has 0 spiro atoms. The Hall–Kier alpha value is -1.51. The van der Waals surface area contributed by atoms with E-state index in [-0.39, 0.29) is 5.91 Å². The Morgan fingerprint density at radius 3 is 2.62 bits per heavy atom. The van der Waals surface area contributed by atoms with Gasteiger partial charge in [0.25, 0.3) is 5.91 Å². The molecule has 3 nitrogen and oxygen atoms in total. The Kier molecular flexibility index (Phi) is 2.90. The summed E-state index contributed by atoms with van der Waals surface area (Å²) in [6, 6.07) is 5.37. The quantitative estimate of drug-likeness (QED) is 0.744. The van der Waals surface area contributed by atoms with Crippen LogP contribution in [0, 0.1) is 6.92 Å². The standard InChI is InChI=1S/C10H13NO2/c1-7-6-8(13-3)4-5-9(7)10(12)11-2/h4-6H,1-3H3,(H,11,12). The Balaban J connectivity index is 3.05. The molecule has 0 aliphatic heterocycles. The molecule has 3 heteroatoms. The predicted octanol–water partition coefficient (Wildman–Crippen LogP) is 1.36. The molecule has 70 valence electrons. The third-order valence-electron chi connectivity index (χ3n) is 1.91. The normalized spacial score (nSPS) is 9.46. The van der Waals surface area contributed by atoms with Crippen LogP contribution in [0.25, 0.3) is 0 Å². The molecule has 0 heterocycles. The highest BCUT2D eigenvalue weighted by atomic mass is 16.5. The van der Waals surface area contributed by atoms with E-state index in [9.17, 15) is 4.79 Å². The zero-order valence-electron chi connectivity index (χ0n) is 8.05. The maximum atomic E-state index is 11.3. The second-order valence-electron chi connectivity index (χ2n) is 2.76. The van der Waals surface area contributed by atoms with Gasteiger partial charge in [0.05, 0.1) is 7.11 Å². The second-order valence-corrected chi connectivity index (χ2v) is 2.76. The number of benzene rings is 1. The van der Waals surface area contributed by atoms with Crippen molar-refractivity contribution < 1.29 is 9.53 Å². The summed E-state index contributed by atoms with van der Waals surface area (Å²) in [6.07, 6.45) is 0. The molecule has 0 fully saturated rings. The molecule has 0 aliphatic rings. The molecule has 0 atom stereocenters. The van der Waals surface area contributed by atoms with Gasteiger partial charge in [-0.2, -0.15) is 0 Å². The first kappa shape index (κ1) is 9.58. The lowest BCUT2D eigenvalue weighted by Crippen LogP contribution is -2.18. The summed E-state index contributed by atoms with van der Waals surface area (Å²) in [4.78, 5) is 11.3. The van der Waals surface area contributed by atoms with Gasteiger partial charge in [-0.25, -0.2) is 0 Å². The smallest absolute Gasteiger partial charge is 0.251 e. The predicted molar refractivity (Wildman–Crippen MR) is 51.1 cm³/mol. The minimum atomic E-state index is -0.0693. The number of carbonyl (C=O) groups is 1. The average molecular weight is 179 g/mol. The van der Waals surface area contributed by atoms with Crippen LogP contribution in [0.4, 0.5) is 0 Å². The number of amides is 1. The summed E-state index contributed by atoms with van der Waals surface area (Å²) in [5.74, 6) is 0.699. The van der Waals surface area contributed by atoms with Crippen LogP contribution in [0.15, 0.2) is 18.2 Å². The maximum Gasteiger partial charge on any atom is 0.251 e. The van der Waals surface area contributed by atoms with Gasteiger partial charge in [0, 0.05) is 12.6 Å². The van der Waals surface area contributed by atoms with Crippen LogP contribution in [0.2, 0.25) is 0 Å². The number of methoxy groups -OCH3 is 1. The van der Waals surface area contributed by atoms with E-state index in [2.05, 4.69) is 5.32 Å². The van der Waals surface area contributed by atoms with Crippen molar-refractivity contribution in [3.05, 3.63) is 29.3 Å². The lowest BCUT2D eigenvalue weighted by Gasteiger charge is -2.06. The summed E-state index contributed by atoms with van der Waals surface area (Å²) >= 11 is 0. The van der Waals surface area contributed by atoms with E-state index < -0.39 is 0 Å². The highest BCUT2D eigenvalue weighted by Gasteiger charge is 2.06. The molecule has 1 N–H and O–H groups in total. The molecule has 1 aromatic carbocycles. The first-order valence-electron chi connectivity index (χ1n) is 4.05. The number of carbonyl (C=O) groups excluding carboxylic acids is 1. The highest BCUT2D eigenvalue weighted by molar-refractivity contribution is 5.95. The van der Waals surface area contributed by atoms with Crippen molar-refractivity contribution in [2.75, 3.05) is 14.2 Å². The van der Waals surface area contributed by atoms with Crippen LogP contribution in [0.3, 0.4) is 0 Å². The topological polar surface area (TPSA) is 38.3 Å². The van der Waals surface area contributed by atoms with E-state index in [1.165, 1.54) is 0 Å². The summed E-state index contributed by atoms with van der Waals surface area (Å²) < 4.78 is 5.03. The van der Waals surface area contributed by atoms with Crippen LogP contribution in [-0.2, 0) is 0 Å². The van der Waals surface area contributed by atoms with Gasteiger partial charge in [0.2, 0.25) is 0 Å². The lowest BCUT2D eigenvalue weighted by atomic mass is 10.1. The van der Waals surface area contributed by atoms with Gasteiger partial charge in [-0.05, 0) is 30.7 Å². The zero-order chi connectivity index (χ0) is 9.84. The van der Waals surface area contributed by atoms with Crippen LogP contribution in [-0.4, -0.2) is 20.1 Å². The number of hydrogen-bond acceptors (Lipinski definition) is 2. The van der Waals surface area contributed by atoms with Gasteiger partial charge < -0.3 is 10.1 Å². The Morgan fingerprint density at radius 2 is 2.15 bits per heavy atom. The van der Waals surface area contributed by atoms with Crippen LogP contribution in [0.1, 0.15) is 15.9 Å². The number of nitrogens with one attached hydrogen (secondary N) is 1. The van der Waals surface area contributed by atoms with Crippen molar-refractivity contribution in [2.45, 2.75) is 6.92 Å². The SMILES string of the molecule is CNC(=O)c1ccc(OC)cc1C. The van der Waals surface area contributed by atoms with Crippen molar-refractivity contribution in [2.24, 2.45) is 0 Å². The number of aryl methyl sites for hydroxylation is 1. The van der Waals surface area contributed by atoms with Crippen LogP contribution in [0.5, 0.6) is 5.75 Å². The van der Waals surface area contributed by atoms with Crippen molar-refractivity contribution >= 4 is 5.91 Å². The molecule has 0 aromatic heterocycles. The fourth-order valence-electron chi connectivity index (χ4n) is 1.15. The molecule has 1 aromatic rings. The van der Waals surface area contributed by atoms with Crippen molar-refractivity contribution in [3.8, 4) is 5.75 Å². The van der Waals surface area contributed by atoms with Gasteiger partial charge in [0.15, 0.2) is 0 Å². The fourth-order valence-corrected chi connectivity index (χ4v) is 1.15. The van der Waals surface area contributed by atoms with E-state index in [0.717, 1.165) is 11.3 Å². The zero-order valence-corrected chi connectivity index (χ0v) is 8.05. The van der Waals surface area contributed by atoms with E-state index in [0.29, 0.717) is 5.56 Å². The molecular weight excluding hydrogens is 166 g/mol. The average Bonchev–Trinajstić information content (AvgIpc) is 2.16. The van der Waals surface area contributed by atoms with E-state index in [1.54, 1.807) is 26.3 Å². The van der Waals surface area contributed by atoms with Gasteiger partial charge in [-0.3, -0.25) is 4.79 Å². The minimum absolute atomic E-state index is 0.0693. The first-order valence-corrected chi connectivity index (χ1v) is 4.05. The number of ether oxygens (including phenoxy) is 1. The fraction of sp³-hybridized carbons (Fsp3) is 0.300. The third kappa shape index (κ3) is 1.99. The molecule has 0 bridgehead atoms. The molecule has 1 amide bonds. The molecule has 1 rings (SSSR count). The van der Waals surface area contributed by atoms with Crippen LogP contribution < -0.4 is 10.1 Å². The summed E-state index contributed by atoms with van der Waals surface area (Å²) in [5.41, 5.74) is 1.60. The second kappa shape index (κ2) is 3.94. The van der Waals surface area contributed by atoms with Crippen molar-refractivity contribution in [1.82, 2.24) is 5.32 Å². The molecule has 0 saturated carbocycles. The molecule has 0 saturated heterocycles. The van der Waals surface area contributed by atoms with E-state index in [4.69, 9.17) is 4.74 Å². The van der Waals surface area contributed by atoms with Gasteiger partial charge in [-0.15, -0.1) is 0 Å². The van der Waals surface area contributed by atoms with Crippen LogP contribution >= 0.6 is 0 Å². The molecule has 0 aliphatic carbocycles. The number of rotatable bonds is 2. The van der Waals surface area contributed by atoms with Gasteiger partial charge in [-0.1, -0.05) is 0 Å². The third-order valence-corrected chi connectivity index (χ3v) is 1.91.